The number of anilines is 1. The first kappa shape index (κ1) is 34.7. The van der Waals surface area contributed by atoms with E-state index in [0.29, 0.717) is 12.1 Å². The highest BCUT2D eigenvalue weighted by Gasteiger charge is 2.29. The van der Waals surface area contributed by atoms with Gasteiger partial charge in [0.1, 0.15) is 12.6 Å². The normalized spacial score (nSPS) is 12.0. The molecule has 3 aromatic rings. The molecule has 3 amide bonds. The second-order valence-corrected chi connectivity index (χ2v) is 10.8. The number of hydrogen-bond acceptors (Lipinski definition) is 6. The molecule has 3 aromatic carbocycles. The summed E-state index contributed by atoms with van der Waals surface area (Å²) in [6.07, 6.45) is 5.70. The first-order valence-corrected chi connectivity index (χ1v) is 15.2. The van der Waals surface area contributed by atoms with Gasteiger partial charge in [-0.25, -0.2) is 0 Å². The highest BCUT2D eigenvalue weighted by molar-refractivity contribution is 5.99. The lowest BCUT2D eigenvalue weighted by Crippen LogP contribution is -2.49. The number of hydrogen-bond donors (Lipinski definition) is 3. The Bertz CT molecular complexity index is 1440. The van der Waals surface area contributed by atoms with Gasteiger partial charge in [0.2, 0.25) is 11.8 Å². The second kappa shape index (κ2) is 18.8. The van der Waals surface area contributed by atoms with Gasteiger partial charge in [0.05, 0.1) is 12.5 Å². The summed E-state index contributed by atoms with van der Waals surface area (Å²) in [6, 6.07) is 21.3. The maximum Gasteiger partial charge on any atom is 0.305 e. The third kappa shape index (κ3) is 11.7. The lowest BCUT2D eigenvalue weighted by molar-refractivity contribution is -0.146. The van der Waals surface area contributed by atoms with Crippen LogP contribution in [0, 0.1) is 5.92 Å². The van der Waals surface area contributed by atoms with E-state index in [1.807, 2.05) is 66.7 Å². The molecule has 45 heavy (non-hydrogen) atoms. The van der Waals surface area contributed by atoms with E-state index >= 15 is 0 Å². The highest BCUT2D eigenvalue weighted by Crippen LogP contribution is 2.20. The number of amides is 3. The Labute approximate surface area is 265 Å². The van der Waals surface area contributed by atoms with E-state index < -0.39 is 29.7 Å². The molecule has 0 spiro atoms. The number of aliphatic hydroxyl groups is 1. The quantitative estimate of drug-likeness (QED) is 0.0975. The molecule has 0 saturated heterocycles. The number of nitrogens with one attached hydrogen (secondary N) is 2. The lowest BCUT2D eigenvalue weighted by atomic mass is 9.98. The average molecular weight is 614 g/mol. The molecule has 0 unspecified atom stereocenters. The molecule has 0 aliphatic heterocycles. The van der Waals surface area contributed by atoms with Gasteiger partial charge in [-0.2, -0.15) is 0 Å². The molecule has 0 aromatic heterocycles. The number of unbranched alkanes of at least 4 members (excludes halogenated alkanes) is 2. The van der Waals surface area contributed by atoms with Gasteiger partial charge in [-0.15, -0.1) is 13.2 Å². The fourth-order valence-electron chi connectivity index (χ4n) is 4.82. The summed E-state index contributed by atoms with van der Waals surface area (Å²) in [5, 5.41) is 17.0. The van der Waals surface area contributed by atoms with Crippen molar-refractivity contribution in [3.63, 3.8) is 0 Å². The molecule has 0 saturated carbocycles. The number of nitrogens with zero attached hydrogens (tertiary/aromatic N) is 1. The predicted molar refractivity (Wildman–Crippen MR) is 176 cm³/mol. The largest absolute Gasteiger partial charge is 0.463 e. The zero-order valence-corrected chi connectivity index (χ0v) is 25.7. The van der Waals surface area contributed by atoms with Gasteiger partial charge in [0, 0.05) is 31.6 Å². The first-order chi connectivity index (χ1) is 21.8. The number of ether oxygens (including phenoxy) is 1. The zero-order valence-electron chi connectivity index (χ0n) is 25.7. The topological polar surface area (TPSA) is 125 Å². The van der Waals surface area contributed by atoms with Crippen molar-refractivity contribution in [3.8, 4) is 0 Å². The first-order valence-electron chi connectivity index (χ1n) is 15.2. The van der Waals surface area contributed by atoms with Crippen LogP contribution in [0.5, 0.6) is 0 Å². The molecule has 3 rings (SSSR count). The van der Waals surface area contributed by atoms with Crippen molar-refractivity contribution in [1.82, 2.24) is 10.2 Å². The third-order valence-electron chi connectivity index (χ3n) is 7.28. The molecule has 0 bridgehead atoms. The van der Waals surface area contributed by atoms with E-state index in [2.05, 4.69) is 23.8 Å². The van der Waals surface area contributed by atoms with Crippen molar-refractivity contribution < 1.29 is 29.0 Å². The predicted octanol–water partition coefficient (Wildman–Crippen LogP) is 5.16. The Morgan fingerprint density at radius 1 is 0.889 bits per heavy atom. The van der Waals surface area contributed by atoms with Gasteiger partial charge in [-0.3, -0.25) is 19.2 Å². The Morgan fingerprint density at radius 3 is 2.33 bits per heavy atom. The molecule has 0 aliphatic rings. The molecule has 0 aliphatic carbocycles. The molecular formula is C36H43N3O6. The molecule has 0 fully saturated rings. The minimum Gasteiger partial charge on any atom is -0.463 e. The van der Waals surface area contributed by atoms with E-state index in [-0.39, 0.29) is 51.5 Å². The van der Waals surface area contributed by atoms with E-state index in [4.69, 9.17) is 4.74 Å². The number of fused-ring (bicyclic) bond motifs is 1. The molecule has 9 heteroatoms. The number of carbonyl (C=O) groups excluding carboxylic acids is 4. The minimum atomic E-state index is -1.21. The molecule has 238 valence electrons. The van der Waals surface area contributed by atoms with Gasteiger partial charge in [-0.05, 0) is 54.2 Å². The zero-order chi connectivity index (χ0) is 32.4. The fourth-order valence-corrected chi connectivity index (χ4v) is 4.82. The molecule has 0 heterocycles. The van der Waals surface area contributed by atoms with E-state index in [0.717, 1.165) is 29.2 Å². The van der Waals surface area contributed by atoms with Crippen molar-refractivity contribution >= 4 is 40.2 Å². The second-order valence-electron chi connectivity index (χ2n) is 10.8. The fraction of sp³-hybridized carbons (Fsp3) is 0.333. The van der Waals surface area contributed by atoms with Gasteiger partial charge in [0.15, 0.2) is 0 Å². The van der Waals surface area contributed by atoms with E-state index in [9.17, 15) is 24.3 Å². The van der Waals surface area contributed by atoms with Crippen molar-refractivity contribution in [2.45, 2.75) is 51.1 Å². The van der Waals surface area contributed by atoms with Gasteiger partial charge in [-0.1, -0.05) is 72.8 Å². The maximum absolute atomic E-state index is 13.5. The van der Waals surface area contributed by atoms with Crippen molar-refractivity contribution in [3.05, 3.63) is 104 Å². The number of aliphatic hydroxyl groups excluding tert-OH is 1. The summed E-state index contributed by atoms with van der Waals surface area (Å²) in [5.41, 5.74) is 1.41. The van der Waals surface area contributed by atoms with E-state index in [1.165, 1.54) is 4.90 Å². The summed E-state index contributed by atoms with van der Waals surface area (Å²) < 4.78 is 5.41. The van der Waals surface area contributed by atoms with Crippen LogP contribution in [0.1, 0.15) is 44.1 Å². The molecule has 0 radical (unpaired) electrons. The molecule has 2 atom stereocenters. The SMILES string of the molecule is C=CCCCCC(=O)OC[C@H](NC(=O)[C@@H](CC=C)CC(=O)N(CCO)Cc1ccccc1)C(=O)Nc1ccc2ccccc2c1. The summed E-state index contributed by atoms with van der Waals surface area (Å²) >= 11 is 0. The highest BCUT2D eigenvalue weighted by atomic mass is 16.5. The van der Waals surface area contributed by atoms with E-state index in [1.54, 1.807) is 18.2 Å². The van der Waals surface area contributed by atoms with Gasteiger partial charge < -0.3 is 25.4 Å². The maximum atomic E-state index is 13.5. The molecule has 9 nitrogen and oxygen atoms in total. The van der Waals surface area contributed by atoms with Crippen LogP contribution in [0.4, 0.5) is 5.69 Å². The summed E-state index contributed by atoms with van der Waals surface area (Å²) in [5.74, 6) is -2.74. The van der Waals surface area contributed by atoms with Crippen molar-refractivity contribution in [1.29, 1.82) is 0 Å². The standard InChI is InChI=1S/C36H43N3O6/c1-3-5-6-10-18-34(42)45-26-32(36(44)37-31-20-19-28-16-11-12-17-29(28)23-31)38-35(43)30(13-4-2)24-33(41)39(21-22-40)25-27-14-8-7-9-15-27/h3-4,7-9,11-12,14-17,19-20,23,30,32,40H,1-2,5-6,10,13,18,21-22,24-26H2,(H,37,44)(H,38,43)/t30-,32-/m0/s1. The summed E-state index contributed by atoms with van der Waals surface area (Å²) in [4.78, 5) is 54.2. The Kier molecular flexibility index (Phi) is 14.5. The van der Waals surface area contributed by atoms with Crippen LogP contribution in [0.15, 0.2) is 98.1 Å². The minimum absolute atomic E-state index is 0.107. The van der Waals surface area contributed by atoms with Crippen LogP contribution < -0.4 is 10.6 Å². The smallest absolute Gasteiger partial charge is 0.305 e. The summed E-state index contributed by atoms with van der Waals surface area (Å²) in [6.45, 7) is 7.20. The van der Waals surface area contributed by atoms with Crippen LogP contribution in [0.2, 0.25) is 0 Å². The van der Waals surface area contributed by atoms with Crippen LogP contribution in [0.3, 0.4) is 0 Å². The Morgan fingerprint density at radius 2 is 1.62 bits per heavy atom. The van der Waals surface area contributed by atoms with Crippen molar-refractivity contribution in [2.75, 3.05) is 25.1 Å². The number of benzene rings is 3. The third-order valence-corrected chi connectivity index (χ3v) is 7.28. The summed E-state index contributed by atoms with van der Waals surface area (Å²) in [7, 11) is 0. The number of carbonyl (C=O) groups is 4. The monoisotopic (exact) mass is 613 g/mol. The van der Waals surface area contributed by atoms with Gasteiger partial charge >= 0.3 is 5.97 Å². The van der Waals surface area contributed by atoms with Crippen LogP contribution in [-0.2, 0) is 30.5 Å². The number of esters is 1. The number of allylic oxidation sites excluding steroid dienone is 2. The van der Waals surface area contributed by atoms with Crippen molar-refractivity contribution in [2.24, 2.45) is 5.92 Å². The molecular weight excluding hydrogens is 570 g/mol. The average Bonchev–Trinajstić information content (AvgIpc) is 3.04. The molecule has 3 N–H and O–H groups in total. The van der Waals surface area contributed by atoms with Gasteiger partial charge in [0.25, 0.3) is 5.91 Å². The lowest BCUT2D eigenvalue weighted by Gasteiger charge is -2.25. The van der Waals surface area contributed by atoms with Crippen LogP contribution >= 0.6 is 0 Å². The van der Waals surface area contributed by atoms with Crippen LogP contribution in [-0.4, -0.2) is 59.5 Å². The van der Waals surface area contributed by atoms with Crippen LogP contribution in [0.25, 0.3) is 10.8 Å². The Balaban J connectivity index is 1.73. The Hall–Kier alpha value is -4.76. The number of rotatable bonds is 19.